The lowest BCUT2D eigenvalue weighted by Crippen LogP contribution is -2.23. The molecule has 0 aliphatic rings. The normalized spacial score (nSPS) is 12.7. The number of para-hydroxylation sites is 1. The summed E-state index contributed by atoms with van der Waals surface area (Å²) in [4.78, 5) is 29.0. The van der Waals surface area contributed by atoms with Gasteiger partial charge in [0.1, 0.15) is 5.75 Å². The molecule has 0 saturated heterocycles. The number of carboxylic acids is 1. The fourth-order valence-electron chi connectivity index (χ4n) is 3.34. The van der Waals surface area contributed by atoms with Crippen molar-refractivity contribution in [2.45, 2.75) is 19.2 Å². The average Bonchev–Trinajstić information content (AvgIpc) is 2.84. The van der Waals surface area contributed by atoms with Gasteiger partial charge in [0.05, 0.1) is 22.7 Å². The lowest BCUT2D eigenvalue weighted by atomic mass is 10.1. The van der Waals surface area contributed by atoms with Gasteiger partial charge in [-0.15, -0.1) is 0 Å². The number of benzene rings is 3. The Morgan fingerprint density at radius 2 is 1.89 bits per heavy atom. The second kappa shape index (κ2) is 9.94. The van der Waals surface area contributed by atoms with Crippen LogP contribution in [0.4, 0.5) is 13.2 Å². The summed E-state index contributed by atoms with van der Waals surface area (Å²) in [6.07, 6.45) is -4.50. The Morgan fingerprint density at radius 3 is 2.61 bits per heavy atom. The number of halogens is 4. The Morgan fingerprint density at radius 1 is 1.14 bits per heavy atom. The van der Waals surface area contributed by atoms with E-state index in [0.29, 0.717) is 15.6 Å². The SMILES string of the molecule is C[C@H](Oc1ccc(Br)cc1C=Nn1c(-c2cccc(C(F)(F)F)c2)nc2ccccc2c1=O)C(=O)O. The van der Waals surface area contributed by atoms with Crippen LogP contribution in [-0.4, -0.2) is 33.1 Å². The van der Waals surface area contributed by atoms with Crippen LogP contribution >= 0.6 is 15.9 Å². The maximum atomic E-state index is 13.4. The van der Waals surface area contributed by atoms with Gasteiger partial charge in [-0.1, -0.05) is 40.2 Å². The molecule has 0 radical (unpaired) electrons. The van der Waals surface area contributed by atoms with Gasteiger partial charge in [-0.05, 0) is 49.4 Å². The summed E-state index contributed by atoms with van der Waals surface area (Å²) < 4.78 is 47.1. The van der Waals surface area contributed by atoms with Crippen molar-refractivity contribution in [3.63, 3.8) is 0 Å². The minimum Gasteiger partial charge on any atom is -0.479 e. The molecule has 0 fully saturated rings. The Kier molecular flexibility index (Phi) is 6.93. The number of aliphatic carboxylic acids is 1. The van der Waals surface area contributed by atoms with Crippen molar-refractivity contribution in [2.75, 3.05) is 0 Å². The first-order valence-corrected chi connectivity index (χ1v) is 11.3. The van der Waals surface area contributed by atoms with Crippen LogP contribution in [0.2, 0.25) is 0 Å². The highest BCUT2D eigenvalue weighted by atomic mass is 79.9. The van der Waals surface area contributed by atoms with Crippen LogP contribution in [0, 0.1) is 0 Å². The minimum atomic E-state index is -4.59. The monoisotopic (exact) mass is 559 g/mol. The van der Waals surface area contributed by atoms with Crippen LogP contribution in [0.1, 0.15) is 18.1 Å². The van der Waals surface area contributed by atoms with Crippen molar-refractivity contribution in [1.29, 1.82) is 0 Å². The van der Waals surface area contributed by atoms with E-state index in [9.17, 15) is 27.9 Å². The highest BCUT2D eigenvalue weighted by molar-refractivity contribution is 9.10. The molecule has 1 aromatic heterocycles. The van der Waals surface area contributed by atoms with E-state index in [1.807, 2.05) is 0 Å². The molecule has 4 aromatic rings. The standard InChI is InChI=1S/C25H17BrF3N3O4/c1-14(24(34)35)36-21-10-9-18(26)12-16(21)13-30-32-22(15-5-4-6-17(11-15)25(27,28)29)31-20-8-3-2-7-19(20)23(32)33/h2-14H,1H3,(H,34,35)/t14-/m0/s1. The number of carbonyl (C=O) groups is 1. The Hall–Kier alpha value is -3.99. The number of ether oxygens (including phenoxy) is 1. The maximum Gasteiger partial charge on any atom is 0.416 e. The van der Waals surface area contributed by atoms with Crippen LogP contribution in [0.5, 0.6) is 5.75 Å². The molecular weight excluding hydrogens is 543 g/mol. The number of hydrogen-bond donors (Lipinski definition) is 1. The van der Waals surface area contributed by atoms with Crippen LogP contribution in [0.15, 0.2) is 81.1 Å². The van der Waals surface area contributed by atoms with Crippen LogP contribution in [-0.2, 0) is 11.0 Å². The van der Waals surface area contributed by atoms with E-state index in [0.717, 1.165) is 16.8 Å². The highest BCUT2D eigenvalue weighted by Crippen LogP contribution is 2.32. The second-order valence-corrected chi connectivity index (χ2v) is 8.59. The summed E-state index contributed by atoms with van der Waals surface area (Å²) in [5.74, 6) is -1.10. The largest absolute Gasteiger partial charge is 0.479 e. The number of aromatic nitrogens is 2. The number of rotatable bonds is 6. The van der Waals surface area contributed by atoms with Gasteiger partial charge in [0.2, 0.25) is 0 Å². The molecule has 11 heteroatoms. The highest BCUT2D eigenvalue weighted by Gasteiger charge is 2.31. The van der Waals surface area contributed by atoms with Crippen molar-refractivity contribution < 1.29 is 27.8 Å². The summed E-state index contributed by atoms with van der Waals surface area (Å²) in [6, 6.07) is 15.6. The predicted octanol–water partition coefficient (Wildman–Crippen LogP) is 5.58. The third-order valence-electron chi connectivity index (χ3n) is 5.14. The van der Waals surface area contributed by atoms with Gasteiger partial charge in [0.15, 0.2) is 11.9 Å². The summed E-state index contributed by atoms with van der Waals surface area (Å²) >= 11 is 3.32. The fourth-order valence-corrected chi connectivity index (χ4v) is 3.72. The Labute approximate surface area is 210 Å². The minimum absolute atomic E-state index is 0.0371. The van der Waals surface area contributed by atoms with Crippen molar-refractivity contribution >= 4 is 39.0 Å². The molecule has 0 bridgehead atoms. The number of hydrogen-bond acceptors (Lipinski definition) is 5. The molecule has 36 heavy (non-hydrogen) atoms. The topological polar surface area (TPSA) is 93.8 Å². The molecule has 0 spiro atoms. The fraction of sp³-hybridized carbons (Fsp3) is 0.120. The molecule has 7 nitrogen and oxygen atoms in total. The summed E-state index contributed by atoms with van der Waals surface area (Å²) in [6.45, 7) is 1.36. The zero-order valence-electron chi connectivity index (χ0n) is 18.5. The molecule has 0 unspecified atom stereocenters. The summed E-state index contributed by atoms with van der Waals surface area (Å²) in [5.41, 5.74) is -0.838. The van der Waals surface area contributed by atoms with E-state index < -0.39 is 29.4 Å². The molecule has 1 atom stereocenters. The quantitative estimate of drug-likeness (QED) is 0.311. The third-order valence-corrected chi connectivity index (χ3v) is 5.63. The Bertz CT molecular complexity index is 1550. The average molecular weight is 560 g/mol. The molecule has 0 amide bonds. The van der Waals surface area contributed by atoms with Crippen LogP contribution in [0.3, 0.4) is 0 Å². The lowest BCUT2D eigenvalue weighted by Gasteiger charge is -2.14. The van der Waals surface area contributed by atoms with E-state index in [1.54, 1.807) is 30.3 Å². The number of alkyl halides is 3. The van der Waals surface area contributed by atoms with Gasteiger partial charge in [0, 0.05) is 15.6 Å². The third kappa shape index (κ3) is 5.30. The predicted molar refractivity (Wildman–Crippen MR) is 131 cm³/mol. The van der Waals surface area contributed by atoms with Gasteiger partial charge >= 0.3 is 12.1 Å². The van der Waals surface area contributed by atoms with Crippen molar-refractivity contribution in [3.8, 4) is 17.1 Å². The molecular formula is C25H17BrF3N3O4. The molecule has 4 rings (SSSR count). The van der Waals surface area contributed by atoms with Crippen LogP contribution < -0.4 is 10.3 Å². The molecule has 184 valence electrons. The van der Waals surface area contributed by atoms with Gasteiger partial charge in [0.25, 0.3) is 5.56 Å². The van der Waals surface area contributed by atoms with Gasteiger partial charge in [-0.2, -0.15) is 22.9 Å². The van der Waals surface area contributed by atoms with E-state index in [2.05, 4.69) is 26.0 Å². The first kappa shape index (κ1) is 25.1. The molecule has 0 aliphatic carbocycles. The molecule has 1 heterocycles. The zero-order chi connectivity index (χ0) is 26.0. The number of fused-ring (bicyclic) bond motifs is 1. The Balaban J connectivity index is 1.90. The van der Waals surface area contributed by atoms with Gasteiger partial charge < -0.3 is 9.84 Å². The molecule has 0 aliphatic heterocycles. The van der Waals surface area contributed by atoms with Gasteiger partial charge in [-0.3, -0.25) is 4.79 Å². The maximum absolute atomic E-state index is 13.4. The first-order chi connectivity index (χ1) is 17.0. The first-order valence-electron chi connectivity index (χ1n) is 10.5. The van der Waals surface area contributed by atoms with E-state index in [1.165, 1.54) is 37.4 Å². The summed E-state index contributed by atoms with van der Waals surface area (Å²) in [5, 5.41) is 13.6. The molecule has 0 saturated carbocycles. The van der Waals surface area contributed by atoms with Crippen molar-refractivity contribution in [2.24, 2.45) is 5.10 Å². The zero-order valence-corrected chi connectivity index (χ0v) is 20.1. The van der Waals surface area contributed by atoms with E-state index in [4.69, 9.17) is 4.74 Å². The van der Waals surface area contributed by atoms with Crippen molar-refractivity contribution in [3.05, 3.63) is 92.7 Å². The van der Waals surface area contributed by atoms with Crippen molar-refractivity contribution in [1.82, 2.24) is 9.66 Å². The number of carboxylic acid groups (broad SMARTS) is 1. The van der Waals surface area contributed by atoms with E-state index in [-0.39, 0.29) is 22.5 Å². The second-order valence-electron chi connectivity index (χ2n) is 7.67. The van der Waals surface area contributed by atoms with Crippen LogP contribution in [0.25, 0.3) is 22.3 Å². The number of nitrogens with zero attached hydrogens (tertiary/aromatic N) is 3. The summed E-state index contributed by atoms with van der Waals surface area (Å²) in [7, 11) is 0. The van der Waals surface area contributed by atoms with Gasteiger partial charge in [-0.25, -0.2) is 9.78 Å². The van der Waals surface area contributed by atoms with E-state index >= 15 is 0 Å². The smallest absolute Gasteiger partial charge is 0.416 e. The lowest BCUT2D eigenvalue weighted by molar-refractivity contribution is -0.144. The molecule has 1 N–H and O–H groups in total. The molecule has 3 aromatic carbocycles.